The van der Waals surface area contributed by atoms with Crippen LogP contribution in [0.1, 0.15) is 51.8 Å². The van der Waals surface area contributed by atoms with Crippen LogP contribution in [0.5, 0.6) is 0 Å². The van der Waals surface area contributed by atoms with Gasteiger partial charge in [-0.1, -0.05) is 35.9 Å². The van der Waals surface area contributed by atoms with Crippen LogP contribution in [0.3, 0.4) is 0 Å². The fraction of sp³-hybridized carbons (Fsp3) is 0.276. The summed E-state index contributed by atoms with van der Waals surface area (Å²) in [6.45, 7) is -0.929. The maximum absolute atomic E-state index is 14.3. The normalized spacial score (nSPS) is 14.2. The van der Waals surface area contributed by atoms with Gasteiger partial charge in [0.1, 0.15) is 11.4 Å². The summed E-state index contributed by atoms with van der Waals surface area (Å²) >= 11 is 6.46. The number of aromatic nitrogens is 3. The number of alkyl halides is 3. The molecule has 0 spiro atoms. The van der Waals surface area contributed by atoms with Crippen LogP contribution in [0.2, 0.25) is 5.02 Å². The number of carbonyl (C=O) groups excluding carboxylic acids is 1. The zero-order valence-corrected chi connectivity index (χ0v) is 22.2. The third-order valence-electron chi connectivity index (χ3n) is 6.77. The van der Waals surface area contributed by atoms with E-state index in [0.717, 1.165) is 28.4 Å². The molecule has 1 aliphatic rings. The Bertz CT molecular complexity index is 1490. The van der Waals surface area contributed by atoms with Gasteiger partial charge in [-0.25, -0.2) is 9.07 Å². The smallest absolute Gasteiger partial charge is 0.319 e. The van der Waals surface area contributed by atoms with Crippen molar-refractivity contribution in [2.75, 3.05) is 18.5 Å². The monoisotopic (exact) mass is 568 g/mol. The van der Waals surface area contributed by atoms with E-state index in [1.807, 2.05) is 18.2 Å². The highest BCUT2D eigenvalue weighted by atomic mass is 35.5. The summed E-state index contributed by atoms with van der Waals surface area (Å²) in [7, 11) is 0. The third kappa shape index (κ3) is 6.19. The number of carbonyl (C=O) groups is 1. The standard InChI is InChI=1S/C29H28ClF3N6O/c30-23-9-8-20(27(36-15-18-6-7-18)21-4-2-10-35-16-21)12-24(23)37-28(40)25-13-26(29(32,33)17-31)38-39(25)22-5-1-3-19(11-22)14-34/h1-5,8-13,16,18,27,36H,6-7,14-15,17,34H2,(H,37,40). The molecule has 0 saturated heterocycles. The van der Waals surface area contributed by atoms with Crippen molar-refractivity contribution in [1.29, 1.82) is 0 Å². The van der Waals surface area contributed by atoms with Gasteiger partial charge in [0.2, 0.25) is 0 Å². The molecule has 7 nitrogen and oxygen atoms in total. The zero-order chi connectivity index (χ0) is 28.3. The minimum atomic E-state index is -3.87. The molecule has 2 heterocycles. The topological polar surface area (TPSA) is 97.9 Å². The summed E-state index contributed by atoms with van der Waals surface area (Å²) < 4.78 is 42.8. The van der Waals surface area contributed by atoms with Crippen LogP contribution in [0.25, 0.3) is 5.69 Å². The number of benzene rings is 2. The third-order valence-corrected chi connectivity index (χ3v) is 7.10. The van der Waals surface area contributed by atoms with Gasteiger partial charge < -0.3 is 16.4 Å². The van der Waals surface area contributed by atoms with Gasteiger partial charge in [0, 0.05) is 18.9 Å². The number of nitrogens with one attached hydrogen (secondary N) is 2. The summed E-state index contributed by atoms with van der Waals surface area (Å²) in [5, 5.41) is 10.5. The first-order chi connectivity index (χ1) is 19.3. The maximum atomic E-state index is 14.3. The Labute approximate surface area is 234 Å². The van der Waals surface area contributed by atoms with Gasteiger partial charge in [-0.3, -0.25) is 9.78 Å². The molecule has 0 bridgehead atoms. The molecule has 2 aromatic carbocycles. The lowest BCUT2D eigenvalue weighted by molar-refractivity contribution is -0.0324. The number of amides is 1. The molecule has 4 N–H and O–H groups in total. The van der Waals surface area contributed by atoms with Gasteiger partial charge in [-0.15, -0.1) is 0 Å². The van der Waals surface area contributed by atoms with Gasteiger partial charge in [0.05, 0.1) is 22.4 Å². The largest absolute Gasteiger partial charge is 0.326 e. The molecule has 1 atom stereocenters. The molecule has 11 heteroatoms. The van der Waals surface area contributed by atoms with Gasteiger partial charge in [0.15, 0.2) is 6.67 Å². The Hall–Kier alpha value is -3.73. The molecule has 1 amide bonds. The molecule has 0 aliphatic heterocycles. The molecule has 4 aromatic rings. The Morgan fingerprint density at radius 1 is 1.12 bits per heavy atom. The number of hydrogen-bond acceptors (Lipinski definition) is 5. The molecule has 5 rings (SSSR count). The van der Waals surface area contributed by atoms with E-state index in [0.29, 0.717) is 17.2 Å². The van der Waals surface area contributed by atoms with E-state index in [1.54, 1.807) is 48.8 Å². The minimum Gasteiger partial charge on any atom is -0.326 e. The van der Waals surface area contributed by atoms with E-state index in [1.165, 1.54) is 12.8 Å². The number of hydrogen-bond donors (Lipinski definition) is 3. The number of nitrogens with two attached hydrogens (primary N) is 1. The van der Waals surface area contributed by atoms with Crippen LogP contribution < -0.4 is 16.4 Å². The lowest BCUT2D eigenvalue weighted by atomic mass is 9.99. The fourth-order valence-corrected chi connectivity index (χ4v) is 4.55. The molecule has 1 saturated carbocycles. The van der Waals surface area contributed by atoms with E-state index >= 15 is 0 Å². The summed E-state index contributed by atoms with van der Waals surface area (Å²) in [6.07, 6.45) is 5.83. The molecule has 40 heavy (non-hydrogen) atoms. The Kier molecular flexibility index (Phi) is 8.20. The predicted octanol–water partition coefficient (Wildman–Crippen LogP) is 5.78. The predicted molar refractivity (Wildman–Crippen MR) is 148 cm³/mol. The number of anilines is 1. The van der Waals surface area contributed by atoms with Crippen LogP contribution in [0.15, 0.2) is 73.1 Å². The summed E-state index contributed by atoms with van der Waals surface area (Å²) in [4.78, 5) is 17.7. The summed E-state index contributed by atoms with van der Waals surface area (Å²) in [5.41, 5.74) is 7.75. The Morgan fingerprint density at radius 2 is 1.95 bits per heavy atom. The van der Waals surface area contributed by atoms with E-state index < -0.39 is 24.2 Å². The second kappa shape index (κ2) is 11.8. The van der Waals surface area contributed by atoms with E-state index in [9.17, 15) is 18.0 Å². The zero-order valence-electron chi connectivity index (χ0n) is 21.5. The molecular formula is C29H28ClF3N6O. The highest BCUT2D eigenvalue weighted by molar-refractivity contribution is 6.34. The molecule has 1 unspecified atom stereocenters. The number of nitrogens with zero attached hydrogens (tertiary/aromatic N) is 3. The summed E-state index contributed by atoms with van der Waals surface area (Å²) in [5.74, 6) is -3.98. The van der Waals surface area contributed by atoms with Crippen molar-refractivity contribution < 1.29 is 18.0 Å². The lowest BCUT2D eigenvalue weighted by Crippen LogP contribution is -2.25. The van der Waals surface area contributed by atoms with Crippen molar-refractivity contribution in [3.8, 4) is 5.69 Å². The van der Waals surface area contributed by atoms with Crippen molar-refractivity contribution in [3.63, 3.8) is 0 Å². The van der Waals surface area contributed by atoms with E-state index in [2.05, 4.69) is 20.7 Å². The van der Waals surface area contributed by atoms with Gasteiger partial charge in [0.25, 0.3) is 5.91 Å². The van der Waals surface area contributed by atoms with Gasteiger partial charge >= 0.3 is 5.92 Å². The minimum absolute atomic E-state index is 0.194. The molecule has 1 aliphatic carbocycles. The number of halogens is 4. The first kappa shape index (κ1) is 27.8. The van der Waals surface area contributed by atoms with Crippen molar-refractivity contribution in [1.82, 2.24) is 20.1 Å². The fourth-order valence-electron chi connectivity index (χ4n) is 4.39. The van der Waals surface area contributed by atoms with Crippen LogP contribution >= 0.6 is 11.6 Å². The van der Waals surface area contributed by atoms with Crippen molar-refractivity contribution >= 4 is 23.2 Å². The van der Waals surface area contributed by atoms with Crippen molar-refractivity contribution in [3.05, 3.63) is 106 Å². The quantitative estimate of drug-likeness (QED) is 0.213. The SMILES string of the molecule is NCc1cccc(-n2nc(C(F)(F)CF)cc2C(=O)Nc2cc(C(NCC3CC3)c3cccnc3)ccc2Cl)c1. The molecule has 2 aromatic heterocycles. The van der Waals surface area contributed by atoms with Crippen LogP contribution in [-0.2, 0) is 12.5 Å². The summed E-state index contributed by atoms with van der Waals surface area (Å²) in [6, 6.07) is 16.4. The number of pyridine rings is 1. The molecule has 0 radical (unpaired) electrons. The Morgan fingerprint density at radius 3 is 2.65 bits per heavy atom. The van der Waals surface area contributed by atoms with Gasteiger partial charge in [-0.2, -0.15) is 13.9 Å². The van der Waals surface area contributed by atoms with Crippen LogP contribution in [-0.4, -0.2) is 33.9 Å². The second-order valence-corrected chi connectivity index (χ2v) is 10.2. The van der Waals surface area contributed by atoms with Crippen LogP contribution in [0.4, 0.5) is 18.9 Å². The molecule has 1 fully saturated rings. The highest BCUT2D eigenvalue weighted by Gasteiger charge is 2.37. The first-order valence-electron chi connectivity index (χ1n) is 12.9. The first-order valence-corrected chi connectivity index (χ1v) is 13.2. The lowest BCUT2D eigenvalue weighted by Gasteiger charge is -2.21. The second-order valence-electron chi connectivity index (χ2n) is 9.80. The van der Waals surface area contributed by atoms with E-state index in [-0.39, 0.29) is 29.0 Å². The maximum Gasteiger partial charge on any atom is 0.319 e. The highest BCUT2D eigenvalue weighted by Crippen LogP contribution is 2.33. The number of rotatable bonds is 11. The van der Waals surface area contributed by atoms with Crippen molar-refractivity contribution in [2.24, 2.45) is 11.7 Å². The van der Waals surface area contributed by atoms with E-state index in [4.69, 9.17) is 17.3 Å². The average molecular weight is 569 g/mol. The molecule has 208 valence electrons. The molecular weight excluding hydrogens is 541 g/mol. The van der Waals surface area contributed by atoms with Crippen LogP contribution in [0, 0.1) is 5.92 Å². The Balaban J connectivity index is 1.49. The average Bonchev–Trinajstić information content (AvgIpc) is 3.69. The van der Waals surface area contributed by atoms with Crippen molar-refractivity contribution in [2.45, 2.75) is 31.4 Å². The van der Waals surface area contributed by atoms with Gasteiger partial charge in [-0.05, 0) is 78.4 Å².